The van der Waals surface area contributed by atoms with E-state index in [9.17, 15) is 4.79 Å². The molecule has 0 spiro atoms. The molecule has 118 valence electrons. The van der Waals surface area contributed by atoms with Gasteiger partial charge in [0.05, 0.1) is 5.75 Å². The van der Waals surface area contributed by atoms with Gasteiger partial charge >= 0.3 is 0 Å². The summed E-state index contributed by atoms with van der Waals surface area (Å²) >= 11 is 1.67. The first-order valence-electron chi connectivity index (χ1n) is 7.70. The van der Waals surface area contributed by atoms with Gasteiger partial charge in [-0.1, -0.05) is 43.2 Å². The molecule has 21 heavy (non-hydrogen) atoms. The first kappa shape index (κ1) is 18.1. The van der Waals surface area contributed by atoms with Crippen molar-refractivity contribution in [3.63, 3.8) is 0 Å². The van der Waals surface area contributed by atoms with E-state index in [2.05, 4.69) is 55.4 Å². The minimum Gasteiger partial charge on any atom is -0.354 e. The summed E-state index contributed by atoms with van der Waals surface area (Å²) in [5.41, 5.74) is 2.55. The number of hydrogen-bond donors (Lipinski definition) is 1. The predicted molar refractivity (Wildman–Crippen MR) is 92.8 cm³/mol. The zero-order chi connectivity index (χ0) is 15.5. The van der Waals surface area contributed by atoms with Crippen molar-refractivity contribution in [2.75, 3.05) is 32.4 Å². The van der Waals surface area contributed by atoms with Gasteiger partial charge in [0.1, 0.15) is 0 Å². The third kappa shape index (κ3) is 8.79. The first-order chi connectivity index (χ1) is 10.1. The fourth-order valence-corrected chi connectivity index (χ4v) is 2.74. The Kier molecular flexibility index (Phi) is 9.19. The maximum Gasteiger partial charge on any atom is 0.230 e. The molecule has 0 aliphatic heterocycles. The molecule has 0 heterocycles. The number of amides is 1. The smallest absolute Gasteiger partial charge is 0.230 e. The summed E-state index contributed by atoms with van der Waals surface area (Å²) in [6.07, 6.45) is 2.43. The minimum atomic E-state index is 0.135. The molecule has 4 heteroatoms. The lowest BCUT2D eigenvalue weighted by Gasteiger charge is -2.16. The molecular weight excluding hydrogens is 280 g/mol. The standard InChI is InChI=1S/C17H28N2OS/c1-4-5-11-19(3)12-10-18-17(20)14-21-13-16-8-6-15(2)7-9-16/h6-9H,4-5,10-14H2,1-3H3,(H,18,20). The number of likely N-dealkylation sites (N-methyl/N-ethyl adjacent to an activating group) is 1. The second kappa shape index (κ2) is 10.7. The number of unbranched alkanes of at least 4 members (excludes halogenated alkanes) is 1. The molecule has 0 unspecified atom stereocenters. The van der Waals surface area contributed by atoms with Gasteiger partial charge < -0.3 is 10.2 Å². The number of benzene rings is 1. The monoisotopic (exact) mass is 308 g/mol. The van der Waals surface area contributed by atoms with Gasteiger partial charge in [0.2, 0.25) is 5.91 Å². The average Bonchev–Trinajstić information content (AvgIpc) is 2.47. The van der Waals surface area contributed by atoms with Crippen LogP contribution >= 0.6 is 11.8 Å². The maximum absolute atomic E-state index is 11.7. The van der Waals surface area contributed by atoms with Crippen molar-refractivity contribution >= 4 is 17.7 Å². The van der Waals surface area contributed by atoms with E-state index in [1.165, 1.54) is 24.0 Å². The SMILES string of the molecule is CCCCN(C)CCNC(=O)CSCc1ccc(C)cc1. The summed E-state index contributed by atoms with van der Waals surface area (Å²) in [7, 11) is 2.11. The molecule has 1 rings (SSSR count). The molecule has 3 nitrogen and oxygen atoms in total. The van der Waals surface area contributed by atoms with E-state index in [4.69, 9.17) is 0 Å². The fourth-order valence-electron chi connectivity index (χ4n) is 1.92. The van der Waals surface area contributed by atoms with E-state index in [-0.39, 0.29) is 5.91 Å². The van der Waals surface area contributed by atoms with E-state index in [0.29, 0.717) is 5.75 Å². The Labute approximate surface area is 133 Å². The maximum atomic E-state index is 11.7. The molecule has 1 N–H and O–H groups in total. The van der Waals surface area contributed by atoms with Crippen LogP contribution < -0.4 is 5.32 Å². The number of aryl methyl sites for hydroxylation is 1. The van der Waals surface area contributed by atoms with Gasteiger partial charge in [0.15, 0.2) is 0 Å². The molecular formula is C17H28N2OS. The molecule has 0 saturated heterocycles. The molecule has 0 fully saturated rings. The number of nitrogens with one attached hydrogen (secondary N) is 1. The number of thioether (sulfide) groups is 1. The molecule has 1 amide bonds. The predicted octanol–water partition coefficient (Wildman–Crippen LogP) is 3.08. The third-order valence-corrected chi connectivity index (χ3v) is 4.34. The van der Waals surface area contributed by atoms with Crippen LogP contribution in [0.25, 0.3) is 0 Å². The van der Waals surface area contributed by atoms with Crippen LogP contribution in [0.5, 0.6) is 0 Å². The zero-order valence-corrected chi connectivity index (χ0v) is 14.3. The third-order valence-electron chi connectivity index (χ3n) is 3.33. The number of carbonyl (C=O) groups excluding carboxylic acids is 1. The fraction of sp³-hybridized carbons (Fsp3) is 0.588. The number of hydrogen-bond acceptors (Lipinski definition) is 3. The summed E-state index contributed by atoms with van der Waals surface area (Å²) in [5, 5.41) is 2.98. The number of rotatable bonds is 10. The molecule has 0 radical (unpaired) electrons. The van der Waals surface area contributed by atoms with E-state index in [0.717, 1.165) is 25.4 Å². The Balaban J connectivity index is 2.07. The summed E-state index contributed by atoms with van der Waals surface area (Å²) in [5.74, 6) is 1.56. The normalized spacial score (nSPS) is 10.9. The second-order valence-corrected chi connectivity index (χ2v) is 6.47. The Morgan fingerprint density at radius 2 is 1.95 bits per heavy atom. The van der Waals surface area contributed by atoms with Gasteiger partial charge in [-0.2, -0.15) is 0 Å². The highest BCUT2D eigenvalue weighted by molar-refractivity contribution is 7.99. The summed E-state index contributed by atoms with van der Waals surface area (Å²) in [6.45, 7) is 7.05. The van der Waals surface area contributed by atoms with Gasteiger partial charge in [-0.05, 0) is 32.5 Å². The molecule has 0 saturated carbocycles. The van der Waals surface area contributed by atoms with Crippen LogP contribution in [0, 0.1) is 6.92 Å². The van der Waals surface area contributed by atoms with Crippen molar-refractivity contribution in [3.05, 3.63) is 35.4 Å². The highest BCUT2D eigenvalue weighted by atomic mass is 32.2. The summed E-state index contributed by atoms with van der Waals surface area (Å²) in [6, 6.07) is 8.48. The van der Waals surface area contributed by atoms with Gasteiger partial charge in [-0.15, -0.1) is 11.8 Å². The lowest BCUT2D eigenvalue weighted by molar-refractivity contribution is -0.118. The Bertz CT molecular complexity index is 406. The van der Waals surface area contributed by atoms with Crippen LogP contribution in [-0.4, -0.2) is 43.2 Å². The molecule has 0 bridgehead atoms. The Morgan fingerprint density at radius 1 is 1.24 bits per heavy atom. The van der Waals surface area contributed by atoms with Crippen molar-refractivity contribution in [3.8, 4) is 0 Å². The molecule has 0 aromatic heterocycles. The molecule has 1 aromatic rings. The highest BCUT2D eigenvalue weighted by Gasteiger charge is 2.03. The molecule has 0 aliphatic carbocycles. The zero-order valence-electron chi connectivity index (χ0n) is 13.5. The molecule has 0 aliphatic rings. The summed E-state index contributed by atoms with van der Waals surface area (Å²) in [4.78, 5) is 14.0. The van der Waals surface area contributed by atoms with E-state index < -0.39 is 0 Å². The van der Waals surface area contributed by atoms with Gasteiger partial charge in [0.25, 0.3) is 0 Å². The number of carbonyl (C=O) groups is 1. The average molecular weight is 308 g/mol. The van der Waals surface area contributed by atoms with Crippen molar-refractivity contribution < 1.29 is 4.79 Å². The van der Waals surface area contributed by atoms with Crippen molar-refractivity contribution in [2.45, 2.75) is 32.4 Å². The topological polar surface area (TPSA) is 32.3 Å². The Hall–Kier alpha value is -1.00. The van der Waals surface area contributed by atoms with Crippen LogP contribution in [0.2, 0.25) is 0 Å². The second-order valence-electron chi connectivity index (χ2n) is 5.49. The van der Waals surface area contributed by atoms with Gasteiger partial charge in [-0.25, -0.2) is 0 Å². The van der Waals surface area contributed by atoms with Crippen molar-refractivity contribution in [1.29, 1.82) is 0 Å². The minimum absolute atomic E-state index is 0.135. The largest absolute Gasteiger partial charge is 0.354 e. The van der Waals surface area contributed by atoms with Crippen LogP contribution in [-0.2, 0) is 10.5 Å². The van der Waals surface area contributed by atoms with E-state index in [1.54, 1.807) is 11.8 Å². The van der Waals surface area contributed by atoms with Crippen molar-refractivity contribution in [1.82, 2.24) is 10.2 Å². The summed E-state index contributed by atoms with van der Waals surface area (Å²) < 4.78 is 0. The first-order valence-corrected chi connectivity index (χ1v) is 8.85. The van der Waals surface area contributed by atoms with Gasteiger partial charge in [0, 0.05) is 18.8 Å². The van der Waals surface area contributed by atoms with Crippen LogP contribution in [0.3, 0.4) is 0 Å². The van der Waals surface area contributed by atoms with E-state index in [1.807, 2.05) is 0 Å². The lowest BCUT2D eigenvalue weighted by Crippen LogP contribution is -2.34. The van der Waals surface area contributed by atoms with E-state index >= 15 is 0 Å². The van der Waals surface area contributed by atoms with Crippen LogP contribution in [0.15, 0.2) is 24.3 Å². The van der Waals surface area contributed by atoms with Gasteiger partial charge in [-0.3, -0.25) is 4.79 Å². The highest BCUT2D eigenvalue weighted by Crippen LogP contribution is 2.12. The molecule has 0 atom stereocenters. The van der Waals surface area contributed by atoms with Crippen LogP contribution in [0.4, 0.5) is 0 Å². The van der Waals surface area contributed by atoms with Crippen LogP contribution in [0.1, 0.15) is 30.9 Å². The Morgan fingerprint density at radius 3 is 2.62 bits per heavy atom. The number of nitrogens with zero attached hydrogens (tertiary/aromatic N) is 1. The quantitative estimate of drug-likeness (QED) is 0.721. The lowest BCUT2D eigenvalue weighted by atomic mass is 10.2. The van der Waals surface area contributed by atoms with Crippen molar-refractivity contribution in [2.24, 2.45) is 0 Å². The molecule has 1 aromatic carbocycles.